The molecule has 0 bridgehead atoms. The molecule has 1 aromatic carbocycles. The van der Waals surface area contributed by atoms with Crippen molar-refractivity contribution in [1.29, 1.82) is 0 Å². The van der Waals surface area contributed by atoms with Crippen LogP contribution >= 0.6 is 23.2 Å². The minimum Gasteiger partial charge on any atom is -0.266 e. The van der Waals surface area contributed by atoms with E-state index in [1.54, 1.807) is 16.4 Å². The minimum absolute atomic E-state index is 0.0795. The van der Waals surface area contributed by atoms with E-state index in [0.29, 0.717) is 5.69 Å². The van der Waals surface area contributed by atoms with Crippen LogP contribution in [0.5, 0.6) is 0 Å². The van der Waals surface area contributed by atoms with Crippen LogP contribution in [0.15, 0.2) is 40.2 Å². The number of aromatic nitrogens is 2. The predicted molar refractivity (Wildman–Crippen MR) is 113 cm³/mol. The van der Waals surface area contributed by atoms with E-state index in [2.05, 4.69) is 5.10 Å². The van der Waals surface area contributed by atoms with Gasteiger partial charge in [0, 0.05) is 12.1 Å². The monoisotopic (exact) mass is 455 g/mol. The summed E-state index contributed by atoms with van der Waals surface area (Å²) >= 11 is 11.7. The lowest BCUT2D eigenvalue weighted by atomic mass is 10.2. The van der Waals surface area contributed by atoms with E-state index < -0.39 is 15.6 Å². The van der Waals surface area contributed by atoms with Crippen molar-refractivity contribution in [2.24, 2.45) is 0 Å². The summed E-state index contributed by atoms with van der Waals surface area (Å²) in [5.41, 5.74) is -0.117. The number of hydrogen-bond acceptors (Lipinski definition) is 4. The standard InChI is InChI=1S/C20H23Cl2N3O3S/c21-18-13-23-24(20(26)19(18)22)14-9-11-17(12-10-14)29(27,28)25(15-5-1-2-6-15)16-7-3-4-8-16/h9-13,15-16H,1-8H2. The average molecular weight is 456 g/mol. The Bertz CT molecular complexity index is 1030. The number of hydrogen-bond donors (Lipinski definition) is 0. The van der Waals surface area contributed by atoms with Gasteiger partial charge in [-0.25, -0.2) is 8.42 Å². The Morgan fingerprint density at radius 1 is 0.931 bits per heavy atom. The van der Waals surface area contributed by atoms with E-state index in [-0.39, 0.29) is 27.0 Å². The van der Waals surface area contributed by atoms with Crippen LogP contribution in [0.25, 0.3) is 5.69 Å². The highest BCUT2D eigenvalue weighted by Gasteiger charge is 2.39. The molecule has 2 aliphatic rings. The Balaban J connectivity index is 1.68. The van der Waals surface area contributed by atoms with Gasteiger partial charge < -0.3 is 0 Å². The molecule has 0 radical (unpaired) electrons. The topological polar surface area (TPSA) is 72.3 Å². The third-order valence-electron chi connectivity index (χ3n) is 5.90. The summed E-state index contributed by atoms with van der Waals surface area (Å²) in [6.45, 7) is 0. The number of sulfonamides is 1. The van der Waals surface area contributed by atoms with E-state index in [0.717, 1.165) is 56.0 Å². The van der Waals surface area contributed by atoms with Gasteiger partial charge in [0.1, 0.15) is 5.02 Å². The van der Waals surface area contributed by atoms with Gasteiger partial charge in [-0.15, -0.1) is 0 Å². The molecule has 0 unspecified atom stereocenters. The van der Waals surface area contributed by atoms with E-state index in [9.17, 15) is 13.2 Å². The second-order valence-electron chi connectivity index (χ2n) is 7.73. The molecule has 29 heavy (non-hydrogen) atoms. The number of nitrogens with zero attached hydrogens (tertiary/aromatic N) is 3. The van der Waals surface area contributed by atoms with Crippen LogP contribution < -0.4 is 5.56 Å². The number of halogens is 2. The Morgan fingerprint density at radius 2 is 1.45 bits per heavy atom. The van der Waals surface area contributed by atoms with Crippen molar-refractivity contribution in [3.05, 3.63) is 50.9 Å². The number of rotatable bonds is 5. The minimum atomic E-state index is -3.61. The molecule has 2 fully saturated rings. The quantitative estimate of drug-likeness (QED) is 0.668. The molecule has 9 heteroatoms. The molecule has 0 atom stereocenters. The summed E-state index contributed by atoms with van der Waals surface area (Å²) in [7, 11) is -3.61. The lowest BCUT2D eigenvalue weighted by Crippen LogP contribution is -2.45. The van der Waals surface area contributed by atoms with Crippen LogP contribution in [-0.2, 0) is 10.0 Å². The van der Waals surface area contributed by atoms with Crippen LogP contribution in [0.3, 0.4) is 0 Å². The third-order valence-corrected chi connectivity index (χ3v) is 8.67. The molecule has 1 aromatic heterocycles. The Kier molecular flexibility index (Phi) is 6.02. The maximum Gasteiger partial charge on any atom is 0.291 e. The molecular weight excluding hydrogens is 433 g/mol. The zero-order valence-electron chi connectivity index (χ0n) is 15.9. The van der Waals surface area contributed by atoms with Gasteiger partial charge in [0.15, 0.2) is 0 Å². The fourth-order valence-corrected chi connectivity index (χ4v) is 6.67. The summed E-state index contributed by atoms with van der Waals surface area (Å²) in [6, 6.07) is 6.40. The molecule has 0 spiro atoms. The van der Waals surface area contributed by atoms with Crippen LogP contribution in [0, 0.1) is 0 Å². The molecule has 2 aliphatic carbocycles. The maximum absolute atomic E-state index is 13.5. The highest BCUT2D eigenvalue weighted by Crippen LogP contribution is 2.36. The summed E-state index contributed by atoms with van der Waals surface area (Å²) in [6.07, 6.45) is 9.31. The molecule has 0 amide bonds. The molecule has 0 aliphatic heterocycles. The summed E-state index contributed by atoms with van der Waals surface area (Å²) in [4.78, 5) is 12.5. The highest BCUT2D eigenvalue weighted by molar-refractivity contribution is 7.89. The summed E-state index contributed by atoms with van der Waals surface area (Å²) in [5, 5.41) is 3.95. The SMILES string of the molecule is O=c1c(Cl)c(Cl)cnn1-c1ccc(S(=O)(=O)N(C2CCCC2)C2CCCC2)cc1. The van der Waals surface area contributed by atoms with Gasteiger partial charge in [0.2, 0.25) is 10.0 Å². The molecule has 0 N–H and O–H groups in total. The normalized spacial score (nSPS) is 18.7. The van der Waals surface area contributed by atoms with Gasteiger partial charge in [-0.1, -0.05) is 48.9 Å². The Morgan fingerprint density at radius 3 is 1.97 bits per heavy atom. The van der Waals surface area contributed by atoms with Crippen molar-refractivity contribution >= 4 is 33.2 Å². The van der Waals surface area contributed by atoms with Crippen molar-refractivity contribution in [1.82, 2.24) is 14.1 Å². The first-order valence-corrected chi connectivity index (χ1v) is 12.2. The van der Waals surface area contributed by atoms with E-state index in [1.165, 1.54) is 18.3 Å². The van der Waals surface area contributed by atoms with Gasteiger partial charge in [0.25, 0.3) is 5.56 Å². The maximum atomic E-state index is 13.5. The second kappa shape index (κ2) is 8.38. The molecule has 1 heterocycles. The largest absolute Gasteiger partial charge is 0.291 e. The van der Waals surface area contributed by atoms with Crippen molar-refractivity contribution in [2.75, 3.05) is 0 Å². The zero-order valence-corrected chi connectivity index (χ0v) is 18.3. The Hall–Kier alpha value is -1.41. The van der Waals surface area contributed by atoms with Crippen molar-refractivity contribution in [2.45, 2.75) is 68.3 Å². The van der Waals surface area contributed by atoms with E-state index in [1.807, 2.05) is 0 Å². The molecular formula is C20H23Cl2N3O3S. The molecule has 0 saturated heterocycles. The summed E-state index contributed by atoms with van der Waals surface area (Å²) in [5.74, 6) is 0. The van der Waals surface area contributed by atoms with Crippen molar-refractivity contribution < 1.29 is 8.42 Å². The first-order valence-electron chi connectivity index (χ1n) is 9.97. The lowest BCUT2D eigenvalue weighted by Gasteiger charge is -2.33. The Labute approximate surface area is 180 Å². The van der Waals surface area contributed by atoms with Gasteiger partial charge in [-0.3, -0.25) is 4.79 Å². The highest BCUT2D eigenvalue weighted by atomic mass is 35.5. The smallest absolute Gasteiger partial charge is 0.266 e. The van der Waals surface area contributed by atoms with Crippen LogP contribution in [0.2, 0.25) is 10.0 Å². The van der Waals surface area contributed by atoms with Crippen LogP contribution in [-0.4, -0.2) is 34.6 Å². The molecule has 4 rings (SSSR count). The van der Waals surface area contributed by atoms with Gasteiger partial charge in [-0.2, -0.15) is 14.1 Å². The number of benzene rings is 1. The third kappa shape index (κ3) is 3.98. The van der Waals surface area contributed by atoms with E-state index in [4.69, 9.17) is 23.2 Å². The van der Waals surface area contributed by atoms with E-state index >= 15 is 0 Å². The van der Waals surface area contributed by atoms with Gasteiger partial charge in [0.05, 0.1) is 21.8 Å². The second-order valence-corrected chi connectivity index (χ2v) is 10.4. The predicted octanol–water partition coefficient (Wildman–Crippen LogP) is 4.42. The fraction of sp³-hybridized carbons (Fsp3) is 0.500. The van der Waals surface area contributed by atoms with Crippen LogP contribution in [0.1, 0.15) is 51.4 Å². The summed E-state index contributed by atoms with van der Waals surface area (Å²) < 4.78 is 29.9. The van der Waals surface area contributed by atoms with Gasteiger partial charge in [-0.05, 0) is 49.9 Å². The van der Waals surface area contributed by atoms with Crippen LogP contribution in [0.4, 0.5) is 0 Å². The average Bonchev–Trinajstić information content (AvgIpc) is 3.41. The first kappa shape index (κ1) is 20.8. The van der Waals surface area contributed by atoms with Crippen molar-refractivity contribution in [3.8, 4) is 5.69 Å². The lowest BCUT2D eigenvalue weighted by molar-refractivity contribution is 0.252. The zero-order chi connectivity index (χ0) is 20.6. The fourth-order valence-electron chi connectivity index (χ4n) is 4.49. The molecule has 2 saturated carbocycles. The first-order chi connectivity index (χ1) is 13.9. The van der Waals surface area contributed by atoms with Crippen molar-refractivity contribution in [3.63, 3.8) is 0 Å². The molecule has 6 nitrogen and oxygen atoms in total. The van der Waals surface area contributed by atoms with Gasteiger partial charge >= 0.3 is 0 Å². The molecule has 2 aromatic rings. The molecule has 156 valence electrons.